The summed E-state index contributed by atoms with van der Waals surface area (Å²) in [5.74, 6) is -0.565. The number of rotatable bonds is 7. The van der Waals surface area contributed by atoms with Crippen LogP contribution in [0.15, 0.2) is 53.4 Å². The molecule has 0 amide bonds. The normalized spacial score (nSPS) is 11.5. The van der Waals surface area contributed by atoms with Crippen molar-refractivity contribution in [2.24, 2.45) is 0 Å². The van der Waals surface area contributed by atoms with Crippen molar-refractivity contribution >= 4 is 16.0 Å². The van der Waals surface area contributed by atoms with E-state index in [-0.39, 0.29) is 24.6 Å². The van der Waals surface area contributed by atoms with Crippen LogP contribution in [0.4, 0.5) is 0 Å². The first-order valence-electron chi connectivity index (χ1n) is 8.11. The van der Waals surface area contributed by atoms with Gasteiger partial charge in [0.05, 0.1) is 11.5 Å². The number of esters is 1. The van der Waals surface area contributed by atoms with E-state index in [9.17, 15) is 13.2 Å². The molecule has 0 saturated heterocycles. The van der Waals surface area contributed by atoms with E-state index in [1.165, 1.54) is 0 Å². The molecule has 6 heteroatoms. The van der Waals surface area contributed by atoms with Crippen molar-refractivity contribution in [1.82, 2.24) is 4.31 Å². The number of ether oxygens (including phenoxy) is 1. The highest BCUT2D eigenvalue weighted by Gasteiger charge is 2.27. The van der Waals surface area contributed by atoms with Gasteiger partial charge >= 0.3 is 5.97 Å². The number of carbonyl (C=O) groups is 1. The SMILES string of the molecule is CCOC(=O)CN(Cc1ccc(C)cc1)S(=O)(=O)c1ccc(C)cc1. The second-order valence-electron chi connectivity index (χ2n) is 5.88. The summed E-state index contributed by atoms with van der Waals surface area (Å²) in [6.45, 7) is 5.54. The molecule has 25 heavy (non-hydrogen) atoms. The van der Waals surface area contributed by atoms with E-state index in [0.29, 0.717) is 0 Å². The molecule has 2 rings (SSSR count). The third kappa shape index (κ3) is 5.14. The largest absolute Gasteiger partial charge is 0.465 e. The lowest BCUT2D eigenvalue weighted by Crippen LogP contribution is -2.36. The van der Waals surface area contributed by atoms with E-state index in [0.717, 1.165) is 21.0 Å². The molecule has 0 N–H and O–H groups in total. The Balaban J connectivity index is 2.33. The molecule has 0 radical (unpaired) electrons. The zero-order valence-electron chi connectivity index (χ0n) is 14.7. The van der Waals surface area contributed by atoms with Gasteiger partial charge in [0.1, 0.15) is 6.54 Å². The molecule has 0 bridgehead atoms. The van der Waals surface area contributed by atoms with Gasteiger partial charge in [-0.05, 0) is 38.5 Å². The number of carbonyl (C=O) groups excluding carboxylic acids is 1. The van der Waals surface area contributed by atoms with Crippen LogP contribution in [0.5, 0.6) is 0 Å². The van der Waals surface area contributed by atoms with Crippen LogP contribution in [0.25, 0.3) is 0 Å². The van der Waals surface area contributed by atoms with Gasteiger partial charge in [-0.1, -0.05) is 47.5 Å². The molecule has 2 aromatic carbocycles. The van der Waals surface area contributed by atoms with Gasteiger partial charge in [-0.15, -0.1) is 0 Å². The van der Waals surface area contributed by atoms with Crippen LogP contribution in [0.1, 0.15) is 23.6 Å². The summed E-state index contributed by atoms with van der Waals surface area (Å²) in [5, 5.41) is 0. The fourth-order valence-corrected chi connectivity index (χ4v) is 3.71. The van der Waals surface area contributed by atoms with Crippen molar-refractivity contribution in [3.05, 3.63) is 65.2 Å². The molecular weight excluding hydrogens is 338 g/mol. The molecule has 0 unspecified atom stereocenters. The second kappa shape index (κ2) is 8.27. The van der Waals surface area contributed by atoms with Crippen molar-refractivity contribution in [3.63, 3.8) is 0 Å². The molecule has 2 aromatic rings. The predicted molar refractivity (Wildman–Crippen MR) is 96.6 cm³/mol. The van der Waals surface area contributed by atoms with Gasteiger partial charge in [-0.2, -0.15) is 4.31 Å². The molecule has 0 atom stereocenters. The Morgan fingerprint density at radius 3 is 2.00 bits per heavy atom. The quantitative estimate of drug-likeness (QED) is 0.711. The van der Waals surface area contributed by atoms with E-state index in [1.54, 1.807) is 31.2 Å². The number of aryl methyl sites for hydroxylation is 2. The molecule has 0 saturated carbocycles. The minimum Gasteiger partial charge on any atom is -0.465 e. The molecule has 0 aliphatic carbocycles. The lowest BCUT2D eigenvalue weighted by molar-refractivity contribution is -0.143. The maximum Gasteiger partial charge on any atom is 0.321 e. The van der Waals surface area contributed by atoms with E-state index >= 15 is 0 Å². The molecule has 0 aliphatic rings. The summed E-state index contributed by atoms with van der Waals surface area (Å²) < 4.78 is 32.0. The standard InChI is InChI=1S/C19H23NO4S/c1-4-24-19(21)14-20(13-17-9-5-15(2)6-10-17)25(22,23)18-11-7-16(3)8-12-18/h5-12H,4,13-14H2,1-3H3. The molecule has 0 spiro atoms. The van der Waals surface area contributed by atoms with Gasteiger partial charge in [0.15, 0.2) is 0 Å². The first-order valence-corrected chi connectivity index (χ1v) is 9.55. The Kier molecular flexibility index (Phi) is 6.33. The van der Waals surface area contributed by atoms with Crippen molar-refractivity contribution in [1.29, 1.82) is 0 Å². The monoisotopic (exact) mass is 361 g/mol. The molecule has 0 fully saturated rings. The minimum absolute atomic E-state index is 0.106. The summed E-state index contributed by atoms with van der Waals surface area (Å²) >= 11 is 0. The van der Waals surface area contributed by atoms with E-state index in [4.69, 9.17) is 4.74 Å². The molecular formula is C19H23NO4S. The molecule has 134 valence electrons. The maximum atomic E-state index is 13.0. The number of nitrogens with zero attached hydrogens (tertiary/aromatic N) is 1. The molecule has 0 aromatic heterocycles. The molecule has 5 nitrogen and oxygen atoms in total. The van der Waals surface area contributed by atoms with Crippen LogP contribution in [0.2, 0.25) is 0 Å². The van der Waals surface area contributed by atoms with Gasteiger partial charge in [0, 0.05) is 6.54 Å². The smallest absolute Gasteiger partial charge is 0.321 e. The van der Waals surface area contributed by atoms with Crippen molar-refractivity contribution in [2.45, 2.75) is 32.2 Å². The van der Waals surface area contributed by atoms with Gasteiger partial charge in [-0.25, -0.2) is 8.42 Å². The lowest BCUT2D eigenvalue weighted by atomic mass is 10.1. The second-order valence-corrected chi connectivity index (χ2v) is 7.81. The van der Waals surface area contributed by atoms with Gasteiger partial charge < -0.3 is 4.74 Å². The Morgan fingerprint density at radius 2 is 1.48 bits per heavy atom. The Labute approximate surface area is 149 Å². The highest BCUT2D eigenvalue weighted by atomic mass is 32.2. The minimum atomic E-state index is -3.81. The van der Waals surface area contributed by atoms with Crippen LogP contribution in [0, 0.1) is 13.8 Å². The Morgan fingerprint density at radius 1 is 0.960 bits per heavy atom. The number of hydrogen-bond acceptors (Lipinski definition) is 4. The predicted octanol–water partition coefficient (Wildman–Crippen LogP) is 3.06. The fourth-order valence-electron chi connectivity index (χ4n) is 2.33. The Hall–Kier alpha value is -2.18. The number of benzene rings is 2. The van der Waals surface area contributed by atoms with Crippen molar-refractivity contribution in [2.75, 3.05) is 13.2 Å². The van der Waals surface area contributed by atoms with Crippen LogP contribution in [-0.4, -0.2) is 31.8 Å². The van der Waals surface area contributed by atoms with Crippen LogP contribution < -0.4 is 0 Å². The average Bonchev–Trinajstić information content (AvgIpc) is 2.57. The van der Waals surface area contributed by atoms with Crippen LogP contribution in [-0.2, 0) is 26.1 Å². The summed E-state index contributed by atoms with van der Waals surface area (Å²) in [6.07, 6.45) is 0. The topological polar surface area (TPSA) is 63.7 Å². The summed E-state index contributed by atoms with van der Waals surface area (Å²) in [6, 6.07) is 14.1. The van der Waals surface area contributed by atoms with Crippen molar-refractivity contribution in [3.8, 4) is 0 Å². The molecule has 0 heterocycles. The fraction of sp³-hybridized carbons (Fsp3) is 0.316. The summed E-state index contributed by atoms with van der Waals surface area (Å²) in [5.41, 5.74) is 2.86. The third-order valence-electron chi connectivity index (χ3n) is 3.75. The van der Waals surface area contributed by atoms with Gasteiger partial charge in [-0.3, -0.25) is 4.79 Å². The average molecular weight is 361 g/mol. The summed E-state index contributed by atoms with van der Waals surface area (Å²) in [4.78, 5) is 12.1. The Bertz CT molecular complexity index is 812. The van der Waals surface area contributed by atoms with E-state index in [1.807, 2.05) is 38.1 Å². The first-order chi connectivity index (χ1) is 11.8. The van der Waals surface area contributed by atoms with Gasteiger partial charge in [0.2, 0.25) is 10.0 Å². The highest BCUT2D eigenvalue weighted by molar-refractivity contribution is 7.89. The highest BCUT2D eigenvalue weighted by Crippen LogP contribution is 2.19. The maximum absolute atomic E-state index is 13.0. The van der Waals surface area contributed by atoms with Crippen molar-refractivity contribution < 1.29 is 17.9 Å². The lowest BCUT2D eigenvalue weighted by Gasteiger charge is -2.21. The molecule has 0 aliphatic heterocycles. The number of sulfonamides is 1. The van der Waals surface area contributed by atoms with Crippen LogP contribution in [0.3, 0.4) is 0 Å². The van der Waals surface area contributed by atoms with Crippen LogP contribution >= 0.6 is 0 Å². The van der Waals surface area contributed by atoms with E-state index in [2.05, 4.69) is 0 Å². The zero-order chi connectivity index (χ0) is 18.4. The van der Waals surface area contributed by atoms with Gasteiger partial charge in [0.25, 0.3) is 0 Å². The zero-order valence-corrected chi connectivity index (χ0v) is 15.5. The van der Waals surface area contributed by atoms with E-state index < -0.39 is 16.0 Å². The summed E-state index contributed by atoms with van der Waals surface area (Å²) in [7, 11) is -3.81. The number of hydrogen-bond donors (Lipinski definition) is 0. The third-order valence-corrected chi connectivity index (χ3v) is 5.55. The first kappa shape index (κ1) is 19.1.